The Bertz CT molecular complexity index is 1510. The molecular weight excluding hydrogens is 455 g/mol. The van der Waals surface area contributed by atoms with Crippen molar-refractivity contribution in [2.75, 3.05) is 5.32 Å². The molecule has 3 aromatic heterocycles. The Labute approximate surface area is 199 Å². The standard InChI is InChI=1S/C25H20ClFN6O/c1-2-32-14-17(11-28-32)24-10-21(20-5-3-4-6-23(20)31-24)25(34)30-19-12-29-33(15-19)13-16-7-8-18(27)9-22(16)26/h3-12,14-15H,2,13H2,1H3,(H,30,34). The number of pyridine rings is 1. The number of carbonyl (C=O) groups is 1. The fourth-order valence-electron chi connectivity index (χ4n) is 3.72. The number of rotatable bonds is 6. The molecule has 0 saturated heterocycles. The van der Waals surface area contributed by atoms with Gasteiger partial charge in [-0.15, -0.1) is 0 Å². The third-order valence-corrected chi connectivity index (χ3v) is 5.80. The third-order valence-electron chi connectivity index (χ3n) is 5.45. The maximum absolute atomic E-state index is 13.3. The molecule has 34 heavy (non-hydrogen) atoms. The number of anilines is 1. The second kappa shape index (κ2) is 9.07. The molecule has 5 rings (SSSR count). The number of benzene rings is 2. The molecule has 0 fully saturated rings. The van der Waals surface area contributed by atoms with Gasteiger partial charge in [0.2, 0.25) is 0 Å². The first-order chi connectivity index (χ1) is 16.5. The molecule has 0 bridgehead atoms. The highest BCUT2D eigenvalue weighted by atomic mass is 35.5. The van der Waals surface area contributed by atoms with Crippen LogP contribution in [0.4, 0.5) is 10.1 Å². The molecule has 0 spiro atoms. The van der Waals surface area contributed by atoms with Crippen molar-refractivity contribution >= 4 is 34.1 Å². The molecule has 0 unspecified atom stereocenters. The molecule has 0 aliphatic carbocycles. The first-order valence-corrected chi connectivity index (χ1v) is 11.1. The number of nitrogens with zero attached hydrogens (tertiary/aromatic N) is 5. The Hall–Kier alpha value is -4.04. The van der Waals surface area contributed by atoms with Crippen LogP contribution < -0.4 is 5.32 Å². The normalized spacial score (nSPS) is 11.1. The summed E-state index contributed by atoms with van der Waals surface area (Å²) >= 11 is 6.12. The summed E-state index contributed by atoms with van der Waals surface area (Å²) in [5, 5.41) is 12.6. The van der Waals surface area contributed by atoms with Gasteiger partial charge in [0.1, 0.15) is 5.82 Å². The van der Waals surface area contributed by atoms with E-state index in [1.54, 1.807) is 35.4 Å². The molecule has 3 heterocycles. The Morgan fingerprint density at radius 3 is 2.68 bits per heavy atom. The van der Waals surface area contributed by atoms with E-state index in [9.17, 15) is 9.18 Å². The van der Waals surface area contributed by atoms with Gasteiger partial charge in [-0.1, -0.05) is 35.9 Å². The van der Waals surface area contributed by atoms with Gasteiger partial charge < -0.3 is 5.32 Å². The van der Waals surface area contributed by atoms with Crippen LogP contribution in [0.3, 0.4) is 0 Å². The summed E-state index contributed by atoms with van der Waals surface area (Å²) in [6.07, 6.45) is 6.91. The van der Waals surface area contributed by atoms with Crippen LogP contribution in [-0.2, 0) is 13.1 Å². The zero-order valence-electron chi connectivity index (χ0n) is 18.2. The summed E-state index contributed by atoms with van der Waals surface area (Å²) in [5.74, 6) is -0.671. The van der Waals surface area contributed by atoms with Crippen molar-refractivity contribution in [3.63, 3.8) is 0 Å². The predicted molar refractivity (Wildman–Crippen MR) is 129 cm³/mol. The Kier molecular flexibility index (Phi) is 5.81. The van der Waals surface area contributed by atoms with E-state index in [1.807, 2.05) is 42.1 Å². The van der Waals surface area contributed by atoms with Crippen molar-refractivity contribution in [3.8, 4) is 11.3 Å². The topological polar surface area (TPSA) is 77.6 Å². The van der Waals surface area contributed by atoms with Gasteiger partial charge >= 0.3 is 0 Å². The van der Waals surface area contributed by atoms with Crippen molar-refractivity contribution in [2.24, 2.45) is 0 Å². The zero-order chi connectivity index (χ0) is 23.7. The number of para-hydroxylation sites is 1. The minimum atomic E-state index is -0.395. The summed E-state index contributed by atoms with van der Waals surface area (Å²) in [5.41, 5.74) is 3.98. The second-order valence-electron chi connectivity index (χ2n) is 7.77. The van der Waals surface area contributed by atoms with Crippen LogP contribution in [0.15, 0.2) is 73.3 Å². The molecule has 1 N–H and O–H groups in total. The van der Waals surface area contributed by atoms with E-state index < -0.39 is 5.82 Å². The van der Waals surface area contributed by atoms with E-state index in [0.29, 0.717) is 28.5 Å². The van der Waals surface area contributed by atoms with Crippen LogP contribution in [0, 0.1) is 5.82 Å². The Morgan fingerprint density at radius 1 is 1.06 bits per heavy atom. The predicted octanol–water partition coefficient (Wildman–Crippen LogP) is 5.41. The smallest absolute Gasteiger partial charge is 0.256 e. The summed E-state index contributed by atoms with van der Waals surface area (Å²) in [6, 6.07) is 13.5. The molecule has 170 valence electrons. The molecular formula is C25H20ClFN6O. The van der Waals surface area contributed by atoms with E-state index in [2.05, 4.69) is 15.5 Å². The van der Waals surface area contributed by atoms with Gasteiger partial charge in [-0.05, 0) is 36.8 Å². The lowest BCUT2D eigenvalue weighted by Crippen LogP contribution is -2.12. The number of amides is 1. The van der Waals surface area contributed by atoms with Crippen molar-refractivity contribution < 1.29 is 9.18 Å². The van der Waals surface area contributed by atoms with Crippen molar-refractivity contribution in [1.29, 1.82) is 0 Å². The third kappa shape index (κ3) is 4.40. The van der Waals surface area contributed by atoms with Gasteiger partial charge in [0.05, 0.1) is 41.4 Å². The maximum Gasteiger partial charge on any atom is 0.256 e. The van der Waals surface area contributed by atoms with Gasteiger partial charge in [0, 0.05) is 34.9 Å². The van der Waals surface area contributed by atoms with Gasteiger partial charge in [0.25, 0.3) is 5.91 Å². The molecule has 7 nitrogen and oxygen atoms in total. The number of fused-ring (bicyclic) bond motifs is 1. The highest BCUT2D eigenvalue weighted by molar-refractivity contribution is 6.31. The fourth-order valence-corrected chi connectivity index (χ4v) is 3.94. The van der Waals surface area contributed by atoms with Crippen LogP contribution in [0.2, 0.25) is 5.02 Å². The van der Waals surface area contributed by atoms with E-state index in [4.69, 9.17) is 16.6 Å². The van der Waals surface area contributed by atoms with E-state index in [-0.39, 0.29) is 5.91 Å². The quantitative estimate of drug-likeness (QED) is 0.357. The van der Waals surface area contributed by atoms with Crippen LogP contribution in [0.5, 0.6) is 0 Å². The van der Waals surface area contributed by atoms with Crippen LogP contribution >= 0.6 is 11.6 Å². The average Bonchev–Trinajstić information content (AvgIpc) is 3.49. The highest BCUT2D eigenvalue weighted by Gasteiger charge is 2.16. The lowest BCUT2D eigenvalue weighted by molar-refractivity contribution is 0.102. The first kappa shape index (κ1) is 21.8. The number of hydrogen-bond acceptors (Lipinski definition) is 4. The summed E-state index contributed by atoms with van der Waals surface area (Å²) in [7, 11) is 0. The number of carbonyl (C=O) groups excluding carboxylic acids is 1. The zero-order valence-corrected chi connectivity index (χ0v) is 19.0. The lowest BCUT2D eigenvalue weighted by Gasteiger charge is -2.09. The lowest BCUT2D eigenvalue weighted by atomic mass is 10.0. The van der Waals surface area contributed by atoms with Crippen molar-refractivity contribution in [2.45, 2.75) is 20.0 Å². The molecule has 0 saturated carbocycles. The molecule has 2 aromatic carbocycles. The monoisotopic (exact) mass is 474 g/mol. The van der Waals surface area contributed by atoms with Gasteiger partial charge in [-0.2, -0.15) is 10.2 Å². The van der Waals surface area contributed by atoms with Gasteiger partial charge in [-0.25, -0.2) is 9.37 Å². The second-order valence-corrected chi connectivity index (χ2v) is 8.18. The maximum atomic E-state index is 13.3. The summed E-state index contributed by atoms with van der Waals surface area (Å²) in [4.78, 5) is 18.0. The van der Waals surface area contributed by atoms with E-state index in [0.717, 1.165) is 28.6 Å². The molecule has 0 aliphatic rings. The number of nitrogens with one attached hydrogen (secondary N) is 1. The molecule has 9 heteroatoms. The Balaban J connectivity index is 1.42. The molecule has 0 aliphatic heterocycles. The highest BCUT2D eigenvalue weighted by Crippen LogP contribution is 2.26. The van der Waals surface area contributed by atoms with Crippen LogP contribution in [0.25, 0.3) is 22.2 Å². The number of halogens is 2. The fraction of sp³-hybridized carbons (Fsp3) is 0.120. The van der Waals surface area contributed by atoms with E-state index in [1.165, 1.54) is 12.1 Å². The largest absolute Gasteiger partial charge is 0.319 e. The number of aromatic nitrogens is 5. The SMILES string of the molecule is CCn1cc(-c2cc(C(=O)Nc3cnn(Cc4ccc(F)cc4Cl)c3)c3ccccc3n2)cn1. The summed E-state index contributed by atoms with van der Waals surface area (Å²) in [6.45, 7) is 3.10. The average molecular weight is 475 g/mol. The minimum Gasteiger partial charge on any atom is -0.319 e. The van der Waals surface area contributed by atoms with Crippen molar-refractivity contribution in [3.05, 3.63) is 95.3 Å². The van der Waals surface area contributed by atoms with Crippen molar-refractivity contribution in [1.82, 2.24) is 24.5 Å². The van der Waals surface area contributed by atoms with Crippen LogP contribution in [0.1, 0.15) is 22.8 Å². The molecule has 1 amide bonds. The number of aryl methyl sites for hydroxylation is 1. The molecule has 0 atom stereocenters. The van der Waals surface area contributed by atoms with Gasteiger partial charge in [-0.3, -0.25) is 14.2 Å². The minimum absolute atomic E-state index is 0.276. The van der Waals surface area contributed by atoms with Gasteiger partial charge in [0.15, 0.2) is 0 Å². The Morgan fingerprint density at radius 2 is 1.88 bits per heavy atom. The first-order valence-electron chi connectivity index (χ1n) is 10.7. The number of hydrogen-bond donors (Lipinski definition) is 1. The molecule has 5 aromatic rings. The molecule has 0 radical (unpaired) electrons. The van der Waals surface area contributed by atoms with Crippen LogP contribution in [-0.4, -0.2) is 30.5 Å². The van der Waals surface area contributed by atoms with E-state index >= 15 is 0 Å². The summed E-state index contributed by atoms with van der Waals surface area (Å²) < 4.78 is 16.7.